The number of aryl methyl sites for hydroxylation is 2. The van der Waals surface area contributed by atoms with E-state index in [9.17, 15) is 24.3 Å². The molecule has 2 aromatic rings. The van der Waals surface area contributed by atoms with Crippen LogP contribution in [0.3, 0.4) is 0 Å². The van der Waals surface area contributed by atoms with E-state index < -0.39 is 29.5 Å². The van der Waals surface area contributed by atoms with E-state index in [0.29, 0.717) is 23.3 Å². The van der Waals surface area contributed by atoms with Gasteiger partial charge < -0.3 is 24.9 Å². The van der Waals surface area contributed by atoms with Gasteiger partial charge in [-0.1, -0.05) is 33.6 Å². The van der Waals surface area contributed by atoms with Gasteiger partial charge in [0.25, 0.3) is 5.91 Å². The molecule has 1 heterocycles. The number of carboxylic acids is 1. The van der Waals surface area contributed by atoms with Crippen molar-refractivity contribution in [3.63, 3.8) is 0 Å². The zero-order valence-electron chi connectivity index (χ0n) is 19.5. The number of unbranched alkanes of at least 4 members (excludes halogenated alkanes) is 1. The number of ether oxygens (including phenoxy) is 1. The molecule has 0 saturated heterocycles. The van der Waals surface area contributed by atoms with Crippen LogP contribution in [-0.2, 0) is 20.8 Å². The highest BCUT2D eigenvalue weighted by molar-refractivity contribution is 5.88. The summed E-state index contributed by atoms with van der Waals surface area (Å²) in [5, 5.41) is 14.9. The number of hydrogen-bond acceptors (Lipinski definition) is 6. The second-order valence-corrected chi connectivity index (χ2v) is 8.09. The molecule has 33 heavy (non-hydrogen) atoms. The predicted molar refractivity (Wildman–Crippen MR) is 123 cm³/mol. The molecule has 2 unspecified atom stereocenters. The minimum atomic E-state index is -1.12. The van der Waals surface area contributed by atoms with Gasteiger partial charge in [0.1, 0.15) is 17.4 Å². The van der Waals surface area contributed by atoms with Crippen molar-refractivity contribution < 1.29 is 28.6 Å². The number of carbonyl (C=O) groups is 3. The van der Waals surface area contributed by atoms with Crippen molar-refractivity contribution in [2.24, 2.45) is 5.92 Å². The monoisotopic (exact) mass is 460 g/mol. The smallest absolute Gasteiger partial charge is 0.336 e. The summed E-state index contributed by atoms with van der Waals surface area (Å²) in [6.45, 7) is 6.66. The van der Waals surface area contributed by atoms with Crippen molar-refractivity contribution in [2.75, 3.05) is 13.2 Å². The lowest BCUT2D eigenvalue weighted by atomic mass is 9.99. The van der Waals surface area contributed by atoms with E-state index in [0.717, 1.165) is 30.2 Å². The first-order valence-electron chi connectivity index (χ1n) is 11.2. The van der Waals surface area contributed by atoms with Crippen LogP contribution in [0.1, 0.15) is 51.2 Å². The number of aliphatic carboxylic acids is 1. The molecule has 2 atom stereocenters. The van der Waals surface area contributed by atoms with Crippen LogP contribution in [0, 0.1) is 12.8 Å². The Morgan fingerprint density at radius 2 is 1.91 bits per heavy atom. The fraction of sp³-hybridized carbons (Fsp3) is 0.500. The molecule has 2 amide bonds. The summed E-state index contributed by atoms with van der Waals surface area (Å²) in [6, 6.07) is 4.01. The fourth-order valence-electron chi connectivity index (χ4n) is 3.42. The van der Waals surface area contributed by atoms with Crippen molar-refractivity contribution in [3.8, 4) is 5.75 Å². The number of carboxylic acid groups (broad SMARTS) is 1. The van der Waals surface area contributed by atoms with E-state index in [2.05, 4.69) is 17.6 Å². The molecule has 0 spiro atoms. The SMILES string of the molecule is CCCCc1cc(=O)oc2c(C)c(OCC(=O)NCC(=O)NC(C(=O)O)C(C)CC)ccc12. The summed E-state index contributed by atoms with van der Waals surface area (Å²) < 4.78 is 11.0. The van der Waals surface area contributed by atoms with Crippen LogP contribution in [0.5, 0.6) is 5.75 Å². The maximum Gasteiger partial charge on any atom is 0.336 e. The van der Waals surface area contributed by atoms with Crippen LogP contribution in [0.2, 0.25) is 0 Å². The van der Waals surface area contributed by atoms with E-state index in [1.165, 1.54) is 6.07 Å². The van der Waals surface area contributed by atoms with E-state index in [1.807, 2.05) is 6.92 Å². The molecular weight excluding hydrogens is 428 g/mol. The number of fused-ring (bicyclic) bond motifs is 1. The highest BCUT2D eigenvalue weighted by atomic mass is 16.5. The summed E-state index contributed by atoms with van der Waals surface area (Å²) >= 11 is 0. The highest BCUT2D eigenvalue weighted by Crippen LogP contribution is 2.29. The zero-order chi connectivity index (χ0) is 24.5. The van der Waals surface area contributed by atoms with Gasteiger partial charge in [-0.3, -0.25) is 9.59 Å². The quantitative estimate of drug-likeness (QED) is 0.414. The number of carbonyl (C=O) groups excluding carboxylic acids is 2. The van der Waals surface area contributed by atoms with Crippen LogP contribution in [0.25, 0.3) is 11.0 Å². The molecule has 0 aliphatic carbocycles. The van der Waals surface area contributed by atoms with Gasteiger partial charge in [0.05, 0.1) is 6.54 Å². The third-order valence-corrected chi connectivity index (χ3v) is 5.60. The summed E-state index contributed by atoms with van der Waals surface area (Å²) in [5.74, 6) is -2.12. The molecule has 0 aliphatic heterocycles. The number of nitrogens with one attached hydrogen (secondary N) is 2. The van der Waals surface area contributed by atoms with E-state index in [4.69, 9.17) is 9.15 Å². The molecule has 0 aliphatic rings. The van der Waals surface area contributed by atoms with E-state index in [1.54, 1.807) is 26.0 Å². The lowest BCUT2D eigenvalue weighted by Gasteiger charge is -2.20. The molecule has 9 heteroatoms. The molecule has 2 rings (SSSR count). The molecule has 9 nitrogen and oxygen atoms in total. The van der Waals surface area contributed by atoms with Gasteiger partial charge in [0, 0.05) is 17.0 Å². The lowest BCUT2D eigenvalue weighted by Crippen LogP contribution is -2.48. The van der Waals surface area contributed by atoms with E-state index >= 15 is 0 Å². The van der Waals surface area contributed by atoms with Gasteiger partial charge in [0.15, 0.2) is 6.61 Å². The van der Waals surface area contributed by atoms with Gasteiger partial charge in [0.2, 0.25) is 5.91 Å². The van der Waals surface area contributed by atoms with Gasteiger partial charge in [-0.25, -0.2) is 9.59 Å². The number of amides is 2. The number of rotatable bonds is 12. The Labute approximate surface area is 192 Å². The summed E-state index contributed by atoms with van der Waals surface area (Å²) in [5.41, 5.74) is 1.51. The van der Waals surface area contributed by atoms with Crippen molar-refractivity contribution in [1.29, 1.82) is 0 Å². The molecule has 180 valence electrons. The lowest BCUT2D eigenvalue weighted by molar-refractivity contribution is -0.143. The number of hydrogen-bond donors (Lipinski definition) is 3. The molecule has 3 N–H and O–H groups in total. The molecule has 0 saturated carbocycles. The molecule has 1 aromatic heterocycles. The summed E-state index contributed by atoms with van der Waals surface area (Å²) in [7, 11) is 0. The van der Waals surface area contributed by atoms with Crippen LogP contribution < -0.4 is 21.0 Å². The van der Waals surface area contributed by atoms with Crippen LogP contribution in [0.15, 0.2) is 27.4 Å². The Balaban J connectivity index is 1.99. The zero-order valence-corrected chi connectivity index (χ0v) is 19.5. The third kappa shape index (κ3) is 7.06. The average molecular weight is 461 g/mol. The Kier molecular flexibility index (Phi) is 9.44. The second-order valence-electron chi connectivity index (χ2n) is 8.09. The van der Waals surface area contributed by atoms with Gasteiger partial charge in [-0.2, -0.15) is 0 Å². The first kappa shape index (κ1) is 25.9. The van der Waals surface area contributed by atoms with Crippen molar-refractivity contribution >= 4 is 28.8 Å². The minimum absolute atomic E-state index is 0.246. The Hall–Kier alpha value is -3.36. The normalized spacial score (nSPS) is 12.7. The second kappa shape index (κ2) is 12.0. The Bertz CT molecular complexity index is 1060. The highest BCUT2D eigenvalue weighted by Gasteiger charge is 2.25. The van der Waals surface area contributed by atoms with E-state index in [-0.39, 0.29) is 19.1 Å². The van der Waals surface area contributed by atoms with Crippen LogP contribution >= 0.6 is 0 Å². The average Bonchev–Trinajstić information content (AvgIpc) is 2.78. The van der Waals surface area contributed by atoms with Crippen molar-refractivity contribution in [3.05, 3.63) is 39.7 Å². The van der Waals surface area contributed by atoms with Crippen molar-refractivity contribution in [2.45, 2.75) is 59.4 Å². The maximum atomic E-state index is 12.1. The first-order valence-corrected chi connectivity index (χ1v) is 11.2. The topological polar surface area (TPSA) is 135 Å². The largest absolute Gasteiger partial charge is 0.483 e. The molecule has 0 fully saturated rings. The van der Waals surface area contributed by atoms with Crippen molar-refractivity contribution in [1.82, 2.24) is 10.6 Å². The first-order chi connectivity index (χ1) is 15.7. The van der Waals surface area contributed by atoms with Gasteiger partial charge >= 0.3 is 11.6 Å². The van der Waals surface area contributed by atoms with Crippen LogP contribution in [0.4, 0.5) is 0 Å². The molecule has 0 bridgehead atoms. The number of benzene rings is 1. The van der Waals surface area contributed by atoms with Gasteiger partial charge in [-0.15, -0.1) is 0 Å². The molecule has 0 radical (unpaired) electrons. The minimum Gasteiger partial charge on any atom is -0.483 e. The summed E-state index contributed by atoms with van der Waals surface area (Å²) in [6.07, 6.45) is 3.31. The summed E-state index contributed by atoms with van der Waals surface area (Å²) in [4.78, 5) is 47.4. The van der Waals surface area contributed by atoms with Crippen LogP contribution in [-0.4, -0.2) is 42.1 Å². The molecule has 1 aromatic carbocycles. The Morgan fingerprint density at radius 1 is 1.18 bits per heavy atom. The Morgan fingerprint density at radius 3 is 2.55 bits per heavy atom. The van der Waals surface area contributed by atoms with Gasteiger partial charge in [-0.05, 0) is 43.4 Å². The third-order valence-electron chi connectivity index (χ3n) is 5.60. The predicted octanol–water partition coefficient (Wildman–Crippen LogP) is 2.55. The fourth-order valence-corrected chi connectivity index (χ4v) is 3.42. The maximum absolute atomic E-state index is 12.1. The molecular formula is C24H32N2O7. The standard InChI is InChI=1S/C24H32N2O7/c1-5-7-8-16-11-21(29)33-23-15(4)18(10-9-17(16)23)32-13-20(28)25-12-19(27)26-22(24(30)31)14(3)6-2/h9-11,14,22H,5-8,12-13H2,1-4H3,(H,25,28)(H,26,27)(H,30,31).